The van der Waals surface area contributed by atoms with Crippen molar-refractivity contribution in [1.82, 2.24) is 15.1 Å². The van der Waals surface area contributed by atoms with E-state index in [2.05, 4.69) is 31.2 Å². The van der Waals surface area contributed by atoms with Crippen LogP contribution in [0, 0.1) is 13.8 Å². The van der Waals surface area contributed by atoms with Crippen molar-refractivity contribution in [2.75, 3.05) is 13.7 Å². The van der Waals surface area contributed by atoms with Gasteiger partial charge in [0.05, 0.1) is 12.8 Å². The molecule has 0 saturated heterocycles. The van der Waals surface area contributed by atoms with Crippen molar-refractivity contribution in [2.24, 2.45) is 0 Å². The van der Waals surface area contributed by atoms with Gasteiger partial charge in [-0.2, -0.15) is 5.10 Å². The van der Waals surface area contributed by atoms with Crippen LogP contribution >= 0.6 is 0 Å². The minimum Gasteiger partial charge on any atom is -0.494 e. The molecule has 0 bridgehead atoms. The van der Waals surface area contributed by atoms with E-state index in [1.807, 2.05) is 28.9 Å². The van der Waals surface area contributed by atoms with E-state index in [-0.39, 0.29) is 0 Å². The van der Waals surface area contributed by atoms with Gasteiger partial charge in [0.1, 0.15) is 11.4 Å². The number of nitrogens with zero attached hydrogens (tertiary/aromatic N) is 2. The SMILES string of the molecule is CCCNCc1c(C)nn(-c2ccccc2OC)c1C. The highest BCUT2D eigenvalue weighted by molar-refractivity contribution is 5.48. The first kappa shape index (κ1) is 14.6. The smallest absolute Gasteiger partial charge is 0.144 e. The van der Waals surface area contributed by atoms with Crippen molar-refractivity contribution in [3.8, 4) is 11.4 Å². The maximum absolute atomic E-state index is 5.43. The molecule has 1 aromatic heterocycles. The van der Waals surface area contributed by atoms with E-state index in [0.717, 1.165) is 42.3 Å². The summed E-state index contributed by atoms with van der Waals surface area (Å²) in [6, 6.07) is 7.96. The summed E-state index contributed by atoms with van der Waals surface area (Å²) in [5, 5.41) is 8.11. The van der Waals surface area contributed by atoms with Crippen LogP contribution in [0.5, 0.6) is 5.75 Å². The molecule has 0 spiro atoms. The van der Waals surface area contributed by atoms with Gasteiger partial charge in [0.25, 0.3) is 0 Å². The Morgan fingerprint density at radius 2 is 2.00 bits per heavy atom. The Balaban J connectivity index is 2.36. The van der Waals surface area contributed by atoms with E-state index in [1.54, 1.807) is 7.11 Å². The van der Waals surface area contributed by atoms with Gasteiger partial charge in [-0.15, -0.1) is 0 Å². The third kappa shape index (κ3) is 2.85. The standard InChI is InChI=1S/C16H23N3O/c1-5-10-17-11-14-12(2)18-19(13(14)3)15-8-6-7-9-16(15)20-4/h6-9,17H,5,10-11H2,1-4H3. The molecule has 0 unspecified atom stereocenters. The van der Waals surface area contributed by atoms with Gasteiger partial charge in [-0.3, -0.25) is 0 Å². The Kier molecular flexibility index (Phi) is 4.79. The van der Waals surface area contributed by atoms with E-state index in [4.69, 9.17) is 4.74 Å². The monoisotopic (exact) mass is 273 g/mol. The number of hydrogen-bond donors (Lipinski definition) is 1. The zero-order valence-electron chi connectivity index (χ0n) is 12.7. The molecule has 20 heavy (non-hydrogen) atoms. The first-order valence-corrected chi connectivity index (χ1v) is 7.08. The van der Waals surface area contributed by atoms with Crippen LogP contribution in [0.2, 0.25) is 0 Å². The molecular formula is C16H23N3O. The quantitative estimate of drug-likeness (QED) is 0.822. The van der Waals surface area contributed by atoms with Crippen LogP contribution in [0.1, 0.15) is 30.3 Å². The average molecular weight is 273 g/mol. The van der Waals surface area contributed by atoms with Gasteiger partial charge in [-0.25, -0.2) is 4.68 Å². The summed E-state index contributed by atoms with van der Waals surface area (Å²) in [5.41, 5.74) is 4.48. The van der Waals surface area contributed by atoms with Crippen LogP contribution in [0.25, 0.3) is 5.69 Å². The minimum absolute atomic E-state index is 0.839. The summed E-state index contributed by atoms with van der Waals surface area (Å²) >= 11 is 0. The Morgan fingerprint density at radius 1 is 1.25 bits per heavy atom. The fourth-order valence-electron chi connectivity index (χ4n) is 2.36. The van der Waals surface area contributed by atoms with Crippen molar-refractivity contribution in [2.45, 2.75) is 33.7 Å². The molecule has 0 radical (unpaired) electrons. The van der Waals surface area contributed by atoms with Crippen LogP contribution < -0.4 is 10.1 Å². The Hall–Kier alpha value is -1.81. The zero-order valence-corrected chi connectivity index (χ0v) is 12.7. The topological polar surface area (TPSA) is 39.1 Å². The number of rotatable bonds is 6. The number of nitrogens with one attached hydrogen (secondary N) is 1. The van der Waals surface area contributed by atoms with Gasteiger partial charge < -0.3 is 10.1 Å². The summed E-state index contributed by atoms with van der Waals surface area (Å²) in [6.07, 6.45) is 1.14. The molecule has 1 heterocycles. The minimum atomic E-state index is 0.839. The molecule has 4 nitrogen and oxygen atoms in total. The van der Waals surface area contributed by atoms with Gasteiger partial charge in [-0.1, -0.05) is 19.1 Å². The van der Waals surface area contributed by atoms with Crippen LogP contribution in [-0.4, -0.2) is 23.4 Å². The molecule has 4 heteroatoms. The lowest BCUT2D eigenvalue weighted by molar-refractivity contribution is 0.411. The molecule has 0 atom stereocenters. The fourth-order valence-corrected chi connectivity index (χ4v) is 2.36. The Morgan fingerprint density at radius 3 is 2.70 bits per heavy atom. The predicted molar refractivity (Wildman–Crippen MR) is 81.6 cm³/mol. The average Bonchev–Trinajstić information content (AvgIpc) is 2.75. The molecule has 1 N–H and O–H groups in total. The Labute approximate surface area is 120 Å². The van der Waals surface area contributed by atoms with E-state index in [9.17, 15) is 0 Å². The first-order valence-electron chi connectivity index (χ1n) is 7.08. The number of hydrogen-bond acceptors (Lipinski definition) is 3. The predicted octanol–water partition coefficient (Wildman–Crippen LogP) is 3.00. The molecule has 2 aromatic rings. The molecule has 1 aromatic carbocycles. The number of para-hydroxylation sites is 2. The number of aromatic nitrogens is 2. The largest absolute Gasteiger partial charge is 0.494 e. The molecule has 0 aliphatic heterocycles. The molecular weight excluding hydrogens is 250 g/mol. The second-order valence-corrected chi connectivity index (χ2v) is 4.91. The zero-order chi connectivity index (χ0) is 14.5. The van der Waals surface area contributed by atoms with E-state index < -0.39 is 0 Å². The highest BCUT2D eigenvalue weighted by Crippen LogP contribution is 2.25. The van der Waals surface area contributed by atoms with Gasteiger partial charge >= 0.3 is 0 Å². The fraction of sp³-hybridized carbons (Fsp3) is 0.438. The van der Waals surface area contributed by atoms with Gasteiger partial charge in [0.2, 0.25) is 0 Å². The third-order valence-electron chi connectivity index (χ3n) is 3.48. The number of benzene rings is 1. The Bertz CT molecular complexity index is 575. The second-order valence-electron chi connectivity index (χ2n) is 4.91. The van der Waals surface area contributed by atoms with Gasteiger partial charge in [0.15, 0.2) is 0 Å². The van der Waals surface area contributed by atoms with Crippen molar-refractivity contribution >= 4 is 0 Å². The molecule has 108 valence electrons. The van der Waals surface area contributed by atoms with E-state index in [0.29, 0.717) is 0 Å². The summed E-state index contributed by atoms with van der Waals surface area (Å²) < 4.78 is 7.40. The molecule has 0 fully saturated rings. The van der Waals surface area contributed by atoms with Crippen molar-refractivity contribution in [3.05, 3.63) is 41.2 Å². The maximum Gasteiger partial charge on any atom is 0.144 e. The lowest BCUT2D eigenvalue weighted by Gasteiger charge is -2.10. The lowest BCUT2D eigenvalue weighted by atomic mass is 10.2. The molecule has 0 amide bonds. The summed E-state index contributed by atoms with van der Waals surface area (Å²) in [7, 11) is 1.69. The van der Waals surface area contributed by atoms with Crippen molar-refractivity contribution < 1.29 is 4.74 Å². The van der Waals surface area contributed by atoms with Gasteiger partial charge in [0, 0.05) is 17.8 Å². The van der Waals surface area contributed by atoms with Crippen LogP contribution in [0.3, 0.4) is 0 Å². The van der Waals surface area contributed by atoms with E-state index in [1.165, 1.54) is 5.56 Å². The van der Waals surface area contributed by atoms with Crippen molar-refractivity contribution in [3.63, 3.8) is 0 Å². The lowest BCUT2D eigenvalue weighted by Crippen LogP contribution is -2.15. The maximum atomic E-state index is 5.43. The highest BCUT2D eigenvalue weighted by Gasteiger charge is 2.14. The van der Waals surface area contributed by atoms with Gasteiger partial charge in [-0.05, 0) is 38.9 Å². The molecule has 0 saturated carbocycles. The third-order valence-corrected chi connectivity index (χ3v) is 3.48. The first-order chi connectivity index (χ1) is 9.69. The number of ether oxygens (including phenoxy) is 1. The number of methoxy groups -OCH3 is 1. The highest BCUT2D eigenvalue weighted by atomic mass is 16.5. The summed E-state index contributed by atoms with van der Waals surface area (Å²) in [4.78, 5) is 0. The molecule has 2 rings (SSSR count). The van der Waals surface area contributed by atoms with Crippen molar-refractivity contribution in [1.29, 1.82) is 0 Å². The normalized spacial score (nSPS) is 10.8. The van der Waals surface area contributed by atoms with Crippen LogP contribution in [-0.2, 0) is 6.54 Å². The summed E-state index contributed by atoms with van der Waals surface area (Å²) in [6.45, 7) is 8.22. The number of aryl methyl sites for hydroxylation is 1. The summed E-state index contributed by atoms with van der Waals surface area (Å²) in [5.74, 6) is 0.839. The van der Waals surface area contributed by atoms with Crippen LogP contribution in [0.15, 0.2) is 24.3 Å². The van der Waals surface area contributed by atoms with Crippen LogP contribution in [0.4, 0.5) is 0 Å². The van der Waals surface area contributed by atoms with E-state index >= 15 is 0 Å². The molecule has 0 aliphatic rings. The second kappa shape index (κ2) is 6.57. The molecule has 0 aliphatic carbocycles.